The monoisotopic (exact) mass is 236 g/mol. The number of aromatic amines is 1. The van der Waals surface area contributed by atoms with Crippen LogP contribution in [0.25, 0.3) is 11.2 Å². The molecule has 17 heavy (non-hydrogen) atoms. The maximum atomic E-state index is 4.37. The van der Waals surface area contributed by atoms with Gasteiger partial charge in [-0.25, -0.2) is 15.0 Å². The van der Waals surface area contributed by atoms with Crippen molar-refractivity contribution in [3.8, 4) is 0 Å². The first-order valence-electron chi connectivity index (χ1n) is 6.36. The highest BCUT2D eigenvalue weighted by molar-refractivity contribution is 5.69. The van der Waals surface area contributed by atoms with Crippen LogP contribution >= 0.6 is 0 Å². The van der Waals surface area contributed by atoms with Crippen molar-refractivity contribution in [2.45, 2.75) is 54.4 Å². The molecule has 0 aromatic carbocycles. The van der Waals surface area contributed by atoms with E-state index in [1.807, 2.05) is 34.6 Å². The molecule has 0 unspecified atom stereocenters. The number of fused-ring (bicyclic) bond motifs is 1. The first-order chi connectivity index (χ1) is 8.16. The van der Waals surface area contributed by atoms with E-state index in [-0.39, 0.29) is 0 Å². The molecule has 0 fully saturated rings. The number of H-pyrrole nitrogens is 1. The van der Waals surface area contributed by atoms with Gasteiger partial charge >= 0.3 is 0 Å². The molecule has 2 heterocycles. The molecule has 2 aromatic rings. The highest BCUT2D eigenvalue weighted by atomic mass is 15.0. The molecule has 4 heteroatoms. The Morgan fingerprint density at radius 2 is 1.65 bits per heavy atom. The van der Waals surface area contributed by atoms with Gasteiger partial charge in [0.25, 0.3) is 0 Å². The van der Waals surface area contributed by atoms with Gasteiger partial charge in [-0.1, -0.05) is 41.5 Å². The van der Waals surface area contributed by atoms with Crippen molar-refractivity contribution in [2.24, 2.45) is 0 Å². The van der Waals surface area contributed by atoms with Gasteiger partial charge < -0.3 is 4.98 Å². The molecule has 0 amide bonds. The van der Waals surface area contributed by atoms with E-state index >= 15 is 0 Å². The van der Waals surface area contributed by atoms with Crippen LogP contribution in [0.15, 0.2) is 6.20 Å². The number of nitrogens with zero attached hydrogens (tertiary/aromatic N) is 3. The fraction of sp³-hybridized carbons (Fsp3) is 0.615. The maximum Gasteiger partial charge on any atom is 0.181 e. The molecule has 0 spiro atoms. The molecular formula is C13H24N4. The molecule has 4 nitrogen and oxygen atoms in total. The van der Waals surface area contributed by atoms with Crippen molar-refractivity contribution in [1.29, 1.82) is 0 Å². The summed E-state index contributed by atoms with van der Waals surface area (Å²) in [5, 5.41) is 0. The zero-order chi connectivity index (χ0) is 13.4. The van der Waals surface area contributed by atoms with Gasteiger partial charge in [0.15, 0.2) is 5.65 Å². The SMILES string of the molecule is CC.CC.Cc1ncc2[nH]c(C(C)C)nc2n1. The summed E-state index contributed by atoms with van der Waals surface area (Å²) in [6, 6.07) is 0. The van der Waals surface area contributed by atoms with E-state index in [1.165, 1.54) is 0 Å². The van der Waals surface area contributed by atoms with Crippen LogP contribution in [0.1, 0.15) is 59.1 Å². The Morgan fingerprint density at radius 1 is 1.06 bits per heavy atom. The van der Waals surface area contributed by atoms with Crippen LogP contribution in [-0.2, 0) is 0 Å². The molecule has 0 atom stereocenters. The Bertz CT molecular complexity index is 432. The van der Waals surface area contributed by atoms with Gasteiger partial charge in [-0.15, -0.1) is 0 Å². The second-order valence-corrected chi connectivity index (χ2v) is 3.43. The van der Waals surface area contributed by atoms with E-state index in [1.54, 1.807) is 6.20 Å². The topological polar surface area (TPSA) is 54.5 Å². The van der Waals surface area contributed by atoms with Crippen LogP contribution in [0.3, 0.4) is 0 Å². The molecule has 2 rings (SSSR count). The van der Waals surface area contributed by atoms with Crippen molar-refractivity contribution >= 4 is 11.2 Å². The van der Waals surface area contributed by atoms with Gasteiger partial charge in [0, 0.05) is 5.92 Å². The van der Waals surface area contributed by atoms with E-state index in [2.05, 4.69) is 33.8 Å². The Hall–Kier alpha value is -1.45. The second-order valence-electron chi connectivity index (χ2n) is 3.43. The standard InChI is InChI=1S/C9H12N4.2C2H6/c1-5(2)8-12-7-4-10-6(3)11-9(7)13-8;2*1-2/h4-5H,1-3H3,(H,10,11,12,13);2*1-2H3. The van der Waals surface area contributed by atoms with E-state index in [0.29, 0.717) is 5.92 Å². The molecule has 0 saturated heterocycles. The molecule has 0 aliphatic heterocycles. The molecular weight excluding hydrogens is 212 g/mol. The lowest BCUT2D eigenvalue weighted by Gasteiger charge is -1.95. The third-order valence-corrected chi connectivity index (χ3v) is 1.93. The highest BCUT2D eigenvalue weighted by Gasteiger charge is 2.06. The number of hydrogen-bond acceptors (Lipinski definition) is 3. The molecule has 0 radical (unpaired) electrons. The Labute approximate surface area is 104 Å². The summed E-state index contributed by atoms with van der Waals surface area (Å²) < 4.78 is 0. The van der Waals surface area contributed by atoms with Crippen LogP contribution in [0.2, 0.25) is 0 Å². The summed E-state index contributed by atoms with van der Waals surface area (Å²) in [4.78, 5) is 15.9. The lowest BCUT2D eigenvalue weighted by Crippen LogP contribution is -1.88. The Kier molecular flexibility index (Phi) is 7.10. The predicted octanol–water partition coefficient (Wildman–Crippen LogP) is 3.84. The minimum Gasteiger partial charge on any atom is -0.339 e. The van der Waals surface area contributed by atoms with Crippen molar-refractivity contribution < 1.29 is 0 Å². The fourth-order valence-electron chi connectivity index (χ4n) is 1.18. The summed E-state index contributed by atoms with van der Waals surface area (Å²) in [5.74, 6) is 2.12. The quantitative estimate of drug-likeness (QED) is 0.818. The molecule has 0 bridgehead atoms. The summed E-state index contributed by atoms with van der Waals surface area (Å²) in [6.07, 6.45) is 1.77. The third-order valence-electron chi connectivity index (χ3n) is 1.93. The average molecular weight is 236 g/mol. The van der Waals surface area contributed by atoms with Crippen LogP contribution in [0, 0.1) is 6.92 Å². The smallest absolute Gasteiger partial charge is 0.181 e. The van der Waals surface area contributed by atoms with Gasteiger partial charge in [-0.2, -0.15) is 0 Å². The molecule has 0 aliphatic carbocycles. The normalized spacial score (nSPS) is 9.41. The third kappa shape index (κ3) is 4.13. The van der Waals surface area contributed by atoms with Gasteiger partial charge in [0.2, 0.25) is 0 Å². The zero-order valence-electron chi connectivity index (χ0n) is 12.0. The minimum absolute atomic E-state index is 0.398. The zero-order valence-corrected chi connectivity index (χ0v) is 12.0. The molecule has 1 N–H and O–H groups in total. The summed E-state index contributed by atoms with van der Waals surface area (Å²) in [7, 11) is 0. The number of aryl methyl sites for hydroxylation is 1. The first-order valence-corrected chi connectivity index (χ1v) is 6.36. The summed E-state index contributed by atoms with van der Waals surface area (Å²) >= 11 is 0. The number of aromatic nitrogens is 4. The second kappa shape index (κ2) is 7.76. The number of nitrogens with one attached hydrogen (secondary N) is 1. The molecule has 2 aromatic heterocycles. The molecule has 96 valence electrons. The van der Waals surface area contributed by atoms with E-state index in [9.17, 15) is 0 Å². The fourth-order valence-corrected chi connectivity index (χ4v) is 1.18. The van der Waals surface area contributed by atoms with E-state index < -0.39 is 0 Å². The predicted molar refractivity (Wildman–Crippen MR) is 73.2 cm³/mol. The van der Waals surface area contributed by atoms with E-state index in [0.717, 1.165) is 22.8 Å². The minimum atomic E-state index is 0.398. The van der Waals surface area contributed by atoms with Crippen LogP contribution in [0.5, 0.6) is 0 Å². The van der Waals surface area contributed by atoms with Gasteiger partial charge in [0.05, 0.1) is 6.20 Å². The molecule has 0 saturated carbocycles. The number of rotatable bonds is 1. The van der Waals surface area contributed by atoms with Crippen molar-refractivity contribution in [1.82, 2.24) is 19.9 Å². The molecule has 0 aliphatic rings. The van der Waals surface area contributed by atoms with Crippen molar-refractivity contribution in [2.75, 3.05) is 0 Å². The average Bonchev–Trinajstić information content (AvgIpc) is 2.77. The van der Waals surface area contributed by atoms with Gasteiger partial charge in [-0.05, 0) is 6.92 Å². The van der Waals surface area contributed by atoms with Crippen molar-refractivity contribution in [3.63, 3.8) is 0 Å². The van der Waals surface area contributed by atoms with Crippen LogP contribution in [0.4, 0.5) is 0 Å². The van der Waals surface area contributed by atoms with Gasteiger partial charge in [-0.3, -0.25) is 0 Å². The Balaban J connectivity index is 0.000000581. The van der Waals surface area contributed by atoms with Crippen molar-refractivity contribution in [3.05, 3.63) is 17.8 Å². The van der Waals surface area contributed by atoms with E-state index in [4.69, 9.17) is 0 Å². The van der Waals surface area contributed by atoms with Gasteiger partial charge in [0.1, 0.15) is 17.2 Å². The maximum absolute atomic E-state index is 4.37. The lowest BCUT2D eigenvalue weighted by molar-refractivity contribution is 0.798. The highest BCUT2D eigenvalue weighted by Crippen LogP contribution is 2.14. The summed E-state index contributed by atoms with van der Waals surface area (Å²) in [6.45, 7) is 14.1. The summed E-state index contributed by atoms with van der Waals surface area (Å²) in [5.41, 5.74) is 1.67. The lowest BCUT2D eigenvalue weighted by atomic mass is 10.2. The van der Waals surface area contributed by atoms with Crippen LogP contribution in [-0.4, -0.2) is 19.9 Å². The Morgan fingerprint density at radius 3 is 2.18 bits per heavy atom. The number of hydrogen-bond donors (Lipinski definition) is 1. The largest absolute Gasteiger partial charge is 0.339 e. The number of imidazole rings is 1. The first kappa shape index (κ1) is 15.6. The van der Waals surface area contributed by atoms with Crippen LogP contribution < -0.4 is 0 Å².